The lowest BCUT2D eigenvalue weighted by Crippen LogP contribution is -2.31. The third kappa shape index (κ3) is 3.05. The van der Waals surface area contributed by atoms with Crippen molar-refractivity contribution in [3.05, 3.63) is 41.9 Å². The van der Waals surface area contributed by atoms with Crippen molar-refractivity contribution in [3.63, 3.8) is 0 Å². The van der Waals surface area contributed by atoms with Crippen LogP contribution in [-0.2, 0) is 13.1 Å². The highest BCUT2D eigenvalue weighted by Gasteiger charge is 2.20. The molecule has 0 spiro atoms. The van der Waals surface area contributed by atoms with E-state index in [9.17, 15) is 0 Å². The van der Waals surface area contributed by atoms with Crippen LogP contribution in [0.25, 0.3) is 0 Å². The van der Waals surface area contributed by atoms with Gasteiger partial charge in [0, 0.05) is 19.3 Å². The second-order valence-electron chi connectivity index (χ2n) is 4.78. The summed E-state index contributed by atoms with van der Waals surface area (Å²) in [4.78, 5) is 6.41. The minimum Gasteiger partial charge on any atom is -0.465 e. The van der Waals surface area contributed by atoms with E-state index in [2.05, 4.69) is 28.4 Å². The number of likely N-dealkylation sites (N-methyl/N-ethyl adjacent to an activating group) is 1. The molecule has 1 unspecified atom stereocenters. The average Bonchev–Trinajstić information content (AvgIpc) is 2.99. The van der Waals surface area contributed by atoms with E-state index in [-0.39, 0.29) is 6.04 Å². The van der Waals surface area contributed by atoms with Gasteiger partial charge in [0.1, 0.15) is 11.5 Å². The van der Waals surface area contributed by atoms with Gasteiger partial charge in [-0.2, -0.15) is 0 Å². The van der Waals surface area contributed by atoms with Crippen molar-refractivity contribution in [2.45, 2.75) is 33.0 Å². The van der Waals surface area contributed by atoms with E-state index in [1.807, 2.05) is 31.6 Å². The van der Waals surface area contributed by atoms with Gasteiger partial charge in [0.15, 0.2) is 0 Å². The zero-order valence-corrected chi connectivity index (χ0v) is 11.8. The summed E-state index contributed by atoms with van der Waals surface area (Å²) in [6, 6.07) is 4.14. The molecule has 2 aromatic heterocycles. The van der Waals surface area contributed by atoms with Gasteiger partial charge in [-0.25, -0.2) is 4.98 Å². The number of furan rings is 1. The fourth-order valence-corrected chi connectivity index (χ4v) is 2.33. The van der Waals surface area contributed by atoms with E-state index in [0.29, 0.717) is 6.54 Å². The van der Waals surface area contributed by atoms with Crippen LogP contribution in [0.4, 0.5) is 0 Å². The van der Waals surface area contributed by atoms with Crippen LogP contribution in [0, 0.1) is 6.92 Å². The number of nitrogens with zero attached hydrogens (tertiary/aromatic N) is 3. The lowest BCUT2D eigenvalue weighted by molar-refractivity contribution is 0.214. The smallest absolute Gasteiger partial charge is 0.118 e. The molecule has 0 aliphatic heterocycles. The predicted octanol–water partition coefficient (Wildman–Crippen LogP) is 1.94. The first-order valence-electron chi connectivity index (χ1n) is 6.61. The summed E-state index contributed by atoms with van der Waals surface area (Å²) in [6.07, 6.45) is 3.74. The Kier molecular flexibility index (Phi) is 4.39. The van der Waals surface area contributed by atoms with Crippen molar-refractivity contribution < 1.29 is 4.42 Å². The van der Waals surface area contributed by atoms with Crippen LogP contribution >= 0.6 is 0 Å². The van der Waals surface area contributed by atoms with Crippen molar-refractivity contribution in [2.75, 3.05) is 13.6 Å². The summed E-state index contributed by atoms with van der Waals surface area (Å²) in [5.41, 5.74) is 7.08. The van der Waals surface area contributed by atoms with Crippen molar-refractivity contribution >= 4 is 0 Å². The number of aromatic nitrogens is 2. The molecule has 0 bridgehead atoms. The SMILES string of the molecule is CCn1cncc1C(CN)N(C)Cc1ccc(C)o1. The highest BCUT2D eigenvalue weighted by atomic mass is 16.3. The van der Waals surface area contributed by atoms with Gasteiger partial charge in [0.05, 0.1) is 24.6 Å². The molecule has 0 radical (unpaired) electrons. The van der Waals surface area contributed by atoms with E-state index >= 15 is 0 Å². The zero-order chi connectivity index (χ0) is 13.8. The summed E-state index contributed by atoms with van der Waals surface area (Å²) in [5.74, 6) is 1.90. The second-order valence-corrected chi connectivity index (χ2v) is 4.78. The first kappa shape index (κ1) is 13.8. The zero-order valence-electron chi connectivity index (χ0n) is 11.8. The Hall–Kier alpha value is -1.59. The molecule has 0 saturated heterocycles. The Balaban J connectivity index is 2.13. The number of rotatable bonds is 6. The van der Waals surface area contributed by atoms with Crippen molar-refractivity contribution in [1.29, 1.82) is 0 Å². The van der Waals surface area contributed by atoms with Gasteiger partial charge in [-0.05, 0) is 33.0 Å². The Morgan fingerprint density at radius 2 is 2.26 bits per heavy atom. The fourth-order valence-electron chi connectivity index (χ4n) is 2.33. The number of hydrogen-bond donors (Lipinski definition) is 1. The van der Waals surface area contributed by atoms with Gasteiger partial charge in [-0.1, -0.05) is 0 Å². The molecule has 0 saturated carbocycles. The summed E-state index contributed by atoms with van der Waals surface area (Å²) in [6.45, 7) is 6.26. The van der Waals surface area contributed by atoms with Crippen LogP contribution < -0.4 is 5.73 Å². The summed E-state index contributed by atoms with van der Waals surface area (Å²) in [5, 5.41) is 0. The third-order valence-corrected chi connectivity index (χ3v) is 3.38. The average molecular weight is 262 g/mol. The van der Waals surface area contributed by atoms with E-state index < -0.39 is 0 Å². The number of nitrogens with two attached hydrogens (primary N) is 1. The van der Waals surface area contributed by atoms with Crippen molar-refractivity contribution in [1.82, 2.24) is 14.5 Å². The van der Waals surface area contributed by atoms with Gasteiger partial charge >= 0.3 is 0 Å². The van der Waals surface area contributed by atoms with Crippen LogP contribution in [0.5, 0.6) is 0 Å². The number of imidazole rings is 1. The first-order chi connectivity index (χ1) is 9.15. The Bertz CT molecular complexity index is 517. The lowest BCUT2D eigenvalue weighted by atomic mass is 10.2. The maximum Gasteiger partial charge on any atom is 0.118 e. The molecule has 0 amide bonds. The van der Waals surface area contributed by atoms with Gasteiger partial charge in [0.25, 0.3) is 0 Å². The number of aryl methyl sites for hydroxylation is 2. The largest absolute Gasteiger partial charge is 0.465 e. The molecule has 0 aliphatic rings. The molecule has 0 aromatic carbocycles. The lowest BCUT2D eigenvalue weighted by Gasteiger charge is -2.26. The minimum absolute atomic E-state index is 0.146. The third-order valence-electron chi connectivity index (χ3n) is 3.38. The van der Waals surface area contributed by atoms with Crippen LogP contribution in [0.15, 0.2) is 29.1 Å². The normalized spacial score (nSPS) is 13.1. The molecule has 0 aliphatic carbocycles. The molecule has 104 valence electrons. The highest BCUT2D eigenvalue weighted by molar-refractivity contribution is 5.09. The van der Waals surface area contributed by atoms with Crippen LogP contribution in [0.1, 0.15) is 30.2 Å². The van der Waals surface area contributed by atoms with E-state index in [0.717, 1.165) is 30.3 Å². The minimum atomic E-state index is 0.146. The maximum atomic E-state index is 5.93. The Morgan fingerprint density at radius 1 is 1.47 bits per heavy atom. The Morgan fingerprint density at radius 3 is 2.84 bits per heavy atom. The standard InChI is InChI=1S/C14H22N4O/c1-4-18-10-16-8-14(18)13(7-15)17(3)9-12-6-5-11(2)19-12/h5-6,8,10,13H,4,7,9,15H2,1-3H3. The second kappa shape index (κ2) is 6.04. The van der Waals surface area contributed by atoms with E-state index in [1.54, 1.807) is 0 Å². The van der Waals surface area contributed by atoms with Crippen LogP contribution in [0.2, 0.25) is 0 Å². The molecule has 2 heterocycles. The monoisotopic (exact) mass is 262 g/mol. The molecule has 0 fully saturated rings. The highest BCUT2D eigenvalue weighted by Crippen LogP contribution is 2.20. The molecule has 2 N–H and O–H groups in total. The summed E-state index contributed by atoms with van der Waals surface area (Å²) < 4.78 is 7.74. The van der Waals surface area contributed by atoms with Gasteiger partial charge in [0.2, 0.25) is 0 Å². The molecule has 5 heteroatoms. The van der Waals surface area contributed by atoms with E-state index in [4.69, 9.17) is 10.2 Å². The van der Waals surface area contributed by atoms with Crippen molar-refractivity contribution in [3.8, 4) is 0 Å². The fraction of sp³-hybridized carbons (Fsp3) is 0.500. The van der Waals surface area contributed by atoms with Crippen molar-refractivity contribution in [2.24, 2.45) is 5.73 Å². The first-order valence-corrected chi connectivity index (χ1v) is 6.61. The van der Waals surface area contributed by atoms with Gasteiger partial charge in [-0.15, -0.1) is 0 Å². The summed E-state index contributed by atoms with van der Waals surface area (Å²) in [7, 11) is 2.06. The Labute approximate surface area is 114 Å². The van der Waals surface area contributed by atoms with Crippen LogP contribution in [-0.4, -0.2) is 28.0 Å². The molecule has 5 nitrogen and oxygen atoms in total. The quantitative estimate of drug-likeness (QED) is 0.864. The van der Waals surface area contributed by atoms with Gasteiger partial charge in [-0.3, -0.25) is 4.90 Å². The molecular formula is C14H22N4O. The maximum absolute atomic E-state index is 5.93. The van der Waals surface area contributed by atoms with Gasteiger partial charge < -0.3 is 14.7 Å². The predicted molar refractivity (Wildman–Crippen MR) is 74.6 cm³/mol. The molecule has 2 rings (SSSR count). The number of hydrogen-bond acceptors (Lipinski definition) is 4. The molecule has 19 heavy (non-hydrogen) atoms. The topological polar surface area (TPSA) is 60.2 Å². The van der Waals surface area contributed by atoms with Crippen LogP contribution in [0.3, 0.4) is 0 Å². The molecule has 1 atom stereocenters. The molecule has 2 aromatic rings. The van der Waals surface area contributed by atoms with E-state index in [1.165, 1.54) is 0 Å². The summed E-state index contributed by atoms with van der Waals surface area (Å²) >= 11 is 0. The molecular weight excluding hydrogens is 240 g/mol.